The number of nitrogens with one attached hydrogen (secondary N) is 2. The number of ether oxygens (including phenoxy) is 2. The Balaban J connectivity index is 1.46. The van der Waals surface area contributed by atoms with Gasteiger partial charge in [0.15, 0.2) is 17.3 Å². The molecule has 1 aliphatic rings. The fourth-order valence-electron chi connectivity index (χ4n) is 2.80. The minimum atomic E-state index is -0.381. The molecule has 0 bridgehead atoms. The summed E-state index contributed by atoms with van der Waals surface area (Å²) in [7, 11) is 0. The van der Waals surface area contributed by atoms with Gasteiger partial charge in [0.05, 0.1) is 0 Å². The topological polar surface area (TPSA) is 102 Å². The van der Waals surface area contributed by atoms with Crippen LogP contribution in [0.15, 0.2) is 54.9 Å². The van der Waals surface area contributed by atoms with Crippen LogP contribution in [0.5, 0.6) is 11.5 Å². The second kappa shape index (κ2) is 7.97. The van der Waals surface area contributed by atoms with E-state index in [1.54, 1.807) is 30.3 Å². The average Bonchev–Trinajstić information content (AvgIpc) is 2.74. The third-order valence-electron chi connectivity index (χ3n) is 4.26. The molecule has 1 aliphatic heterocycles. The molecule has 2 aromatic carbocycles. The molecular weight excluding hydrogens is 372 g/mol. The second-order valence-corrected chi connectivity index (χ2v) is 6.36. The summed E-state index contributed by atoms with van der Waals surface area (Å²) < 4.78 is 11.1. The predicted molar refractivity (Wildman–Crippen MR) is 107 cm³/mol. The van der Waals surface area contributed by atoms with Gasteiger partial charge in [0.25, 0.3) is 5.91 Å². The first-order valence-electron chi connectivity index (χ1n) is 8.99. The number of nitrogens with zero attached hydrogens (tertiary/aromatic N) is 2. The first-order chi connectivity index (χ1) is 14.1. The maximum atomic E-state index is 12.5. The number of benzene rings is 2. The zero-order valence-corrected chi connectivity index (χ0v) is 15.6. The van der Waals surface area contributed by atoms with Crippen molar-refractivity contribution in [3.8, 4) is 11.5 Å². The number of hydrogen-bond donors (Lipinski definition) is 2. The standard InChI is InChI=1S/C21H18N4O4/c1-13(26)14-2-4-15(5-3-14)25-21(27)17-11-20(23-12-22-17)24-16-6-7-18-19(10-16)29-9-8-28-18/h2-7,10-12H,8-9H2,1H3,(H,25,27)(H,22,23,24). The van der Waals surface area contributed by atoms with Crippen LogP contribution in [0.25, 0.3) is 0 Å². The van der Waals surface area contributed by atoms with Crippen LogP contribution >= 0.6 is 0 Å². The van der Waals surface area contributed by atoms with Crippen molar-refractivity contribution < 1.29 is 19.1 Å². The second-order valence-electron chi connectivity index (χ2n) is 6.36. The third-order valence-corrected chi connectivity index (χ3v) is 4.26. The van der Waals surface area contributed by atoms with Gasteiger partial charge in [-0.2, -0.15) is 0 Å². The van der Waals surface area contributed by atoms with E-state index in [0.29, 0.717) is 41.8 Å². The van der Waals surface area contributed by atoms with Crippen molar-refractivity contribution in [2.45, 2.75) is 6.92 Å². The largest absolute Gasteiger partial charge is 0.486 e. The quantitative estimate of drug-likeness (QED) is 0.643. The van der Waals surface area contributed by atoms with Gasteiger partial charge in [0, 0.05) is 29.1 Å². The van der Waals surface area contributed by atoms with Crippen molar-refractivity contribution in [3.05, 3.63) is 66.1 Å². The summed E-state index contributed by atoms with van der Waals surface area (Å²) in [5, 5.41) is 5.88. The smallest absolute Gasteiger partial charge is 0.274 e. The normalized spacial score (nSPS) is 12.2. The molecule has 0 fully saturated rings. The molecule has 2 heterocycles. The molecule has 1 aromatic heterocycles. The fraction of sp³-hybridized carbons (Fsp3) is 0.143. The number of amides is 1. The van der Waals surface area contributed by atoms with Gasteiger partial charge in [0.2, 0.25) is 0 Å². The lowest BCUT2D eigenvalue weighted by Gasteiger charge is -2.19. The number of anilines is 3. The molecule has 8 heteroatoms. The zero-order chi connectivity index (χ0) is 20.2. The number of carbonyl (C=O) groups excluding carboxylic acids is 2. The lowest BCUT2D eigenvalue weighted by molar-refractivity contribution is 0.101. The molecule has 0 saturated carbocycles. The Morgan fingerprint density at radius 3 is 2.38 bits per heavy atom. The maximum Gasteiger partial charge on any atom is 0.274 e. The molecule has 0 atom stereocenters. The number of fused-ring (bicyclic) bond motifs is 1. The summed E-state index contributed by atoms with van der Waals surface area (Å²) in [6, 6.07) is 13.7. The maximum absolute atomic E-state index is 12.5. The van der Waals surface area contributed by atoms with Crippen LogP contribution in [0, 0.1) is 0 Å². The van der Waals surface area contributed by atoms with Gasteiger partial charge < -0.3 is 20.1 Å². The highest BCUT2D eigenvalue weighted by Crippen LogP contribution is 2.33. The Labute approximate surface area is 166 Å². The first kappa shape index (κ1) is 18.4. The lowest BCUT2D eigenvalue weighted by atomic mass is 10.1. The molecule has 8 nitrogen and oxygen atoms in total. The van der Waals surface area contributed by atoms with Gasteiger partial charge in [-0.05, 0) is 43.3 Å². The number of carbonyl (C=O) groups is 2. The number of aromatic nitrogens is 2. The molecule has 29 heavy (non-hydrogen) atoms. The summed E-state index contributed by atoms with van der Waals surface area (Å²) >= 11 is 0. The molecule has 146 valence electrons. The Morgan fingerprint density at radius 2 is 1.62 bits per heavy atom. The average molecular weight is 390 g/mol. The third kappa shape index (κ3) is 4.32. The number of ketones is 1. The van der Waals surface area contributed by atoms with Gasteiger partial charge >= 0.3 is 0 Å². The highest BCUT2D eigenvalue weighted by molar-refractivity contribution is 6.03. The minimum absolute atomic E-state index is 0.0338. The van der Waals surface area contributed by atoms with Gasteiger partial charge in [-0.15, -0.1) is 0 Å². The predicted octanol–water partition coefficient (Wildman–Crippen LogP) is 3.45. The van der Waals surface area contributed by atoms with Crippen LogP contribution < -0.4 is 20.1 Å². The van der Waals surface area contributed by atoms with Crippen LogP contribution in [0.2, 0.25) is 0 Å². The van der Waals surface area contributed by atoms with Crippen molar-refractivity contribution in [1.29, 1.82) is 0 Å². The highest BCUT2D eigenvalue weighted by Gasteiger charge is 2.13. The number of Topliss-reactive ketones (excluding diaryl/α,β-unsaturated/α-hetero) is 1. The van der Waals surface area contributed by atoms with Gasteiger partial charge in [-0.3, -0.25) is 9.59 Å². The van der Waals surface area contributed by atoms with E-state index in [1.165, 1.54) is 13.3 Å². The SMILES string of the molecule is CC(=O)c1ccc(NC(=O)c2cc(Nc3ccc4c(c3)OCCO4)ncn2)cc1. The van der Waals surface area contributed by atoms with E-state index in [-0.39, 0.29) is 17.4 Å². The summed E-state index contributed by atoms with van der Waals surface area (Å²) in [5.41, 5.74) is 2.10. The highest BCUT2D eigenvalue weighted by atomic mass is 16.6. The summed E-state index contributed by atoms with van der Waals surface area (Å²) in [5.74, 6) is 1.40. The number of rotatable bonds is 5. The van der Waals surface area contributed by atoms with Gasteiger partial charge in [0.1, 0.15) is 31.1 Å². The van der Waals surface area contributed by atoms with E-state index in [9.17, 15) is 9.59 Å². The Morgan fingerprint density at radius 1 is 0.897 bits per heavy atom. The van der Waals surface area contributed by atoms with Gasteiger partial charge in [-0.1, -0.05) is 0 Å². The van der Waals surface area contributed by atoms with Crippen molar-refractivity contribution in [2.75, 3.05) is 23.8 Å². The molecule has 0 spiro atoms. The van der Waals surface area contributed by atoms with E-state index in [2.05, 4.69) is 20.6 Å². The van der Waals surface area contributed by atoms with Crippen LogP contribution in [0.4, 0.5) is 17.2 Å². The van der Waals surface area contributed by atoms with Crippen molar-refractivity contribution >= 4 is 28.9 Å². The molecule has 0 unspecified atom stereocenters. The molecular formula is C21H18N4O4. The van der Waals surface area contributed by atoms with Crippen molar-refractivity contribution in [1.82, 2.24) is 9.97 Å². The monoisotopic (exact) mass is 390 g/mol. The first-order valence-corrected chi connectivity index (χ1v) is 8.99. The Kier molecular flexibility index (Phi) is 5.07. The van der Waals surface area contributed by atoms with Crippen molar-refractivity contribution in [3.63, 3.8) is 0 Å². The Hall–Kier alpha value is -3.94. The fourth-order valence-corrected chi connectivity index (χ4v) is 2.80. The minimum Gasteiger partial charge on any atom is -0.486 e. The van der Waals surface area contributed by atoms with Crippen molar-refractivity contribution in [2.24, 2.45) is 0 Å². The summed E-state index contributed by atoms with van der Waals surface area (Å²) in [6.07, 6.45) is 1.31. The van der Waals surface area contributed by atoms with E-state index in [0.717, 1.165) is 5.69 Å². The van der Waals surface area contributed by atoms with E-state index in [1.807, 2.05) is 18.2 Å². The molecule has 1 amide bonds. The van der Waals surface area contributed by atoms with E-state index in [4.69, 9.17) is 9.47 Å². The summed E-state index contributed by atoms with van der Waals surface area (Å²) in [6.45, 7) is 2.52. The number of hydrogen-bond acceptors (Lipinski definition) is 7. The molecule has 4 rings (SSSR count). The molecule has 0 radical (unpaired) electrons. The molecule has 0 saturated heterocycles. The van der Waals surface area contributed by atoms with Crippen LogP contribution in [0.1, 0.15) is 27.8 Å². The molecule has 3 aromatic rings. The Bertz CT molecular complexity index is 1070. The van der Waals surface area contributed by atoms with Crippen LogP contribution in [0.3, 0.4) is 0 Å². The lowest BCUT2D eigenvalue weighted by Crippen LogP contribution is -2.15. The summed E-state index contributed by atoms with van der Waals surface area (Å²) in [4.78, 5) is 32.0. The van der Waals surface area contributed by atoms with E-state index < -0.39 is 0 Å². The molecule has 2 N–H and O–H groups in total. The van der Waals surface area contributed by atoms with Crippen LogP contribution in [-0.4, -0.2) is 34.9 Å². The van der Waals surface area contributed by atoms with Crippen LogP contribution in [-0.2, 0) is 0 Å². The van der Waals surface area contributed by atoms with Gasteiger partial charge in [-0.25, -0.2) is 9.97 Å². The molecule has 0 aliphatic carbocycles. The zero-order valence-electron chi connectivity index (χ0n) is 15.6. The van der Waals surface area contributed by atoms with E-state index >= 15 is 0 Å².